The molecule has 0 saturated carbocycles. The van der Waals surface area contributed by atoms with Gasteiger partial charge in [0.1, 0.15) is 0 Å². The SMILES string of the molecule is O=C(Nc1cc(-c2cccs2)[nH]n1)c1cccnc1. The topological polar surface area (TPSA) is 70.7 Å². The highest BCUT2D eigenvalue weighted by Gasteiger charge is 2.09. The highest BCUT2D eigenvalue weighted by atomic mass is 32.1. The van der Waals surface area contributed by atoms with Gasteiger partial charge in [-0.3, -0.25) is 14.9 Å². The van der Waals surface area contributed by atoms with Gasteiger partial charge in [0.05, 0.1) is 16.1 Å². The van der Waals surface area contributed by atoms with Crippen molar-refractivity contribution in [2.45, 2.75) is 0 Å². The van der Waals surface area contributed by atoms with Gasteiger partial charge in [-0.15, -0.1) is 11.3 Å². The Labute approximate surface area is 113 Å². The Kier molecular flexibility index (Phi) is 3.07. The number of hydrogen-bond donors (Lipinski definition) is 2. The van der Waals surface area contributed by atoms with Crippen LogP contribution in [0.25, 0.3) is 10.6 Å². The molecule has 0 bridgehead atoms. The second-order valence-electron chi connectivity index (χ2n) is 3.84. The smallest absolute Gasteiger partial charge is 0.258 e. The molecule has 0 unspecified atom stereocenters. The molecule has 94 valence electrons. The molecule has 3 aromatic heterocycles. The van der Waals surface area contributed by atoms with Gasteiger partial charge in [-0.2, -0.15) is 5.10 Å². The largest absolute Gasteiger partial charge is 0.305 e. The normalized spacial score (nSPS) is 10.3. The van der Waals surface area contributed by atoms with Crippen molar-refractivity contribution in [2.24, 2.45) is 0 Å². The number of nitrogens with one attached hydrogen (secondary N) is 2. The average molecular weight is 270 g/mol. The first kappa shape index (κ1) is 11.6. The van der Waals surface area contributed by atoms with Crippen LogP contribution in [0.1, 0.15) is 10.4 Å². The van der Waals surface area contributed by atoms with E-state index < -0.39 is 0 Å². The maximum absolute atomic E-state index is 11.9. The Morgan fingerprint density at radius 3 is 3.00 bits per heavy atom. The number of thiophene rings is 1. The molecule has 6 heteroatoms. The summed E-state index contributed by atoms with van der Waals surface area (Å²) in [6.07, 6.45) is 3.14. The molecule has 0 aliphatic heterocycles. The second-order valence-corrected chi connectivity index (χ2v) is 4.79. The van der Waals surface area contributed by atoms with Crippen LogP contribution in [0.4, 0.5) is 5.82 Å². The molecular formula is C13H10N4OS. The lowest BCUT2D eigenvalue weighted by Crippen LogP contribution is -2.12. The van der Waals surface area contributed by atoms with Crippen molar-refractivity contribution in [2.75, 3.05) is 5.32 Å². The van der Waals surface area contributed by atoms with Crippen LogP contribution >= 0.6 is 11.3 Å². The predicted molar refractivity (Wildman–Crippen MR) is 74.1 cm³/mol. The maximum Gasteiger partial charge on any atom is 0.258 e. The van der Waals surface area contributed by atoms with Crippen LogP contribution in [-0.2, 0) is 0 Å². The standard InChI is InChI=1S/C13H10N4OS/c18-13(9-3-1-5-14-8-9)15-12-7-10(16-17-12)11-4-2-6-19-11/h1-8H,(H2,15,16,17,18). The molecule has 1 amide bonds. The van der Waals surface area contributed by atoms with Gasteiger partial charge < -0.3 is 5.32 Å². The Hall–Kier alpha value is -2.47. The molecule has 2 N–H and O–H groups in total. The molecule has 3 aromatic rings. The van der Waals surface area contributed by atoms with Crippen LogP contribution in [0.5, 0.6) is 0 Å². The van der Waals surface area contributed by atoms with Gasteiger partial charge in [-0.1, -0.05) is 6.07 Å². The molecule has 0 aliphatic rings. The number of pyridine rings is 1. The molecule has 0 saturated heterocycles. The number of aromatic amines is 1. The first-order chi connectivity index (χ1) is 9.33. The fourth-order valence-corrected chi connectivity index (χ4v) is 2.32. The minimum Gasteiger partial charge on any atom is -0.305 e. The number of nitrogens with zero attached hydrogens (tertiary/aromatic N) is 2. The van der Waals surface area contributed by atoms with E-state index in [1.165, 1.54) is 6.20 Å². The summed E-state index contributed by atoms with van der Waals surface area (Å²) in [5, 5.41) is 11.7. The first-order valence-electron chi connectivity index (χ1n) is 5.63. The summed E-state index contributed by atoms with van der Waals surface area (Å²) in [7, 11) is 0. The molecule has 19 heavy (non-hydrogen) atoms. The van der Waals surface area contributed by atoms with E-state index in [-0.39, 0.29) is 5.91 Å². The Morgan fingerprint density at radius 1 is 1.32 bits per heavy atom. The van der Waals surface area contributed by atoms with Crippen LogP contribution in [-0.4, -0.2) is 21.1 Å². The van der Waals surface area contributed by atoms with E-state index in [0.29, 0.717) is 11.4 Å². The Morgan fingerprint density at radius 2 is 2.26 bits per heavy atom. The number of carbonyl (C=O) groups is 1. The number of H-pyrrole nitrogens is 1. The quantitative estimate of drug-likeness (QED) is 0.768. The molecule has 5 nitrogen and oxygen atoms in total. The summed E-state index contributed by atoms with van der Waals surface area (Å²) in [6, 6.07) is 9.19. The summed E-state index contributed by atoms with van der Waals surface area (Å²) in [6.45, 7) is 0. The molecular weight excluding hydrogens is 260 g/mol. The van der Waals surface area contributed by atoms with E-state index in [9.17, 15) is 4.79 Å². The van der Waals surface area contributed by atoms with Crippen LogP contribution in [0, 0.1) is 0 Å². The third-order valence-corrected chi connectivity index (χ3v) is 3.43. The van der Waals surface area contributed by atoms with E-state index in [1.54, 1.807) is 35.7 Å². The number of hydrogen-bond acceptors (Lipinski definition) is 4. The van der Waals surface area contributed by atoms with Crippen LogP contribution in [0.3, 0.4) is 0 Å². The van der Waals surface area contributed by atoms with Crippen molar-refractivity contribution in [1.29, 1.82) is 0 Å². The van der Waals surface area contributed by atoms with Gasteiger partial charge in [0.25, 0.3) is 5.91 Å². The third-order valence-electron chi connectivity index (χ3n) is 2.53. The second kappa shape index (κ2) is 5.03. The van der Waals surface area contributed by atoms with Gasteiger partial charge >= 0.3 is 0 Å². The minimum absolute atomic E-state index is 0.225. The molecule has 0 spiro atoms. The number of amides is 1. The van der Waals surface area contributed by atoms with Crippen molar-refractivity contribution in [1.82, 2.24) is 15.2 Å². The maximum atomic E-state index is 11.9. The Bertz CT molecular complexity index is 676. The fourth-order valence-electron chi connectivity index (χ4n) is 1.63. The average Bonchev–Trinajstić information content (AvgIpc) is 3.10. The fraction of sp³-hybridized carbons (Fsp3) is 0. The molecule has 0 aromatic carbocycles. The lowest BCUT2D eigenvalue weighted by Gasteiger charge is -1.99. The number of rotatable bonds is 3. The van der Waals surface area contributed by atoms with E-state index in [0.717, 1.165) is 10.6 Å². The summed E-state index contributed by atoms with van der Waals surface area (Å²) in [4.78, 5) is 16.9. The van der Waals surface area contributed by atoms with Gasteiger partial charge in [0.15, 0.2) is 5.82 Å². The van der Waals surface area contributed by atoms with Gasteiger partial charge in [-0.25, -0.2) is 0 Å². The van der Waals surface area contributed by atoms with Crippen molar-refractivity contribution >= 4 is 23.1 Å². The summed E-state index contributed by atoms with van der Waals surface area (Å²) in [5.41, 5.74) is 1.39. The van der Waals surface area contributed by atoms with Crippen LogP contribution < -0.4 is 5.32 Å². The lowest BCUT2D eigenvalue weighted by molar-refractivity contribution is 0.102. The number of aromatic nitrogens is 3. The van der Waals surface area contributed by atoms with Crippen molar-refractivity contribution in [3.63, 3.8) is 0 Å². The molecule has 3 heterocycles. The lowest BCUT2D eigenvalue weighted by atomic mass is 10.2. The van der Waals surface area contributed by atoms with E-state index in [2.05, 4.69) is 20.5 Å². The van der Waals surface area contributed by atoms with Gasteiger partial charge in [-0.05, 0) is 23.6 Å². The highest BCUT2D eigenvalue weighted by molar-refractivity contribution is 7.13. The van der Waals surface area contributed by atoms with Gasteiger partial charge in [0.2, 0.25) is 0 Å². The summed E-state index contributed by atoms with van der Waals surface area (Å²) < 4.78 is 0. The zero-order chi connectivity index (χ0) is 13.1. The molecule has 3 rings (SSSR count). The highest BCUT2D eigenvalue weighted by Crippen LogP contribution is 2.24. The van der Waals surface area contributed by atoms with Crippen LogP contribution in [0.15, 0.2) is 48.1 Å². The van der Waals surface area contributed by atoms with E-state index in [4.69, 9.17) is 0 Å². The van der Waals surface area contributed by atoms with Crippen molar-refractivity contribution in [3.05, 3.63) is 53.7 Å². The van der Waals surface area contributed by atoms with E-state index in [1.807, 2.05) is 17.5 Å². The molecule has 0 atom stereocenters. The van der Waals surface area contributed by atoms with Crippen molar-refractivity contribution < 1.29 is 4.79 Å². The monoisotopic (exact) mass is 270 g/mol. The molecule has 0 fully saturated rings. The molecule has 0 aliphatic carbocycles. The van der Waals surface area contributed by atoms with Crippen LogP contribution in [0.2, 0.25) is 0 Å². The minimum atomic E-state index is -0.225. The molecule has 0 radical (unpaired) electrons. The summed E-state index contributed by atoms with van der Waals surface area (Å²) >= 11 is 1.61. The predicted octanol–water partition coefficient (Wildman–Crippen LogP) is 2.79. The van der Waals surface area contributed by atoms with Gasteiger partial charge in [0, 0.05) is 18.5 Å². The number of anilines is 1. The summed E-state index contributed by atoms with van der Waals surface area (Å²) in [5.74, 6) is 0.273. The van der Waals surface area contributed by atoms with E-state index >= 15 is 0 Å². The zero-order valence-electron chi connectivity index (χ0n) is 9.83. The van der Waals surface area contributed by atoms with Crippen molar-refractivity contribution in [3.8, 4) is 10.6 Å². The number of carbonyl (C=O) groups excluding carboxylic acids is 1. The Balaban J connectivity index is 1.76. The zero-order valence-corrected chi connectivity index (χ0v) is 10.6. The third kappa shape index (κ3) is 2.53. The first-order valence-corrected chi connectivity index (χ1v) is 6.51.